The maximum atomic E-state index is 12.7. The number of urea groups is 1. The van der Waals surface area contributed by atoms with E-state index in [1.807, 2.05) is 0 Å². The van der Waals surface area contributed by atoms with Gasteiger partial charge in [0.25, 0.3) is 0 Å². The lowest BCUT2D eigenvalue weighted by Gasteiger charge is -2.06. The summed E-state index contributed by atoms with van der Waals surface area (Å²) < 4.78 is 17.3. The highest BCUT2D eigenvalue weighted by atomic mass is 19.1. The van der Waals surface area contributed by atoms with Crippen LogP contribution in [0.5, 0.6) is 0 Å². The molecule has 3 N–H and O–H groups in total. The van der Waals surface area contributed by atoms with Crippen LogP contribution >= 0.6 is 0 Å². The van der Waals surface area contributed by atoms with E-state index in [0.717, 1.165) is 5.56 Å². The van der Waals surface area contributed by atoms with Crippen molar-refractivity contribution in [1.82, 2.24) is 16.0 Å². The number of nitrogens with one attached hydrogen (secondary N) is 3. The van der Waals surface area contributed by atoms with Crippen LogP contribution in [0.15, 0.2) is 30.5 Å². The molecule has 0 aliphatic rings. The second-order valence-corrected chi connectivity index (χ2v) is 3.93. The highest BCUT2D eigenvalue weighted by Gasteiger charge is 2.00. The summed E-state index contributed by atoms with van der Waals surface area (Å²) in [6.07, 6.45) is 2.56. The van der Waals surface area contributed by atoms with E-state index >= 15 is 0 Å². The average molecular weight is 295 g/mol. The second kappa shape index (κ2) is 9.35. The van der Waals surface area contributed by atoms with Crippen LogP contribution in [0.3, 0.4) is 0 Å². The van der Waals surface area contributed by atoms with Crippen LogP contribution in [0.4, 0.5) is 14.0 Å². The van der Waals surface area contributed by atoms with Gasteiger partial charge in [0.1, 0.15) is 5.82 Å². The van der Waals surface area contributed by atoms with Gasteiger partial charge in [-0.05, 0) is 30.7 Å². The molecule has 0 spiro atoms. The van der Waals surface area contributed by atoms with Gasteiger partial charge in [0, 0.05) is 19.3 Å². The van der Waals surface area contributed by atoms with E-state index in [2.05, 4.69) is 20.7 Å². The Morgan fingerprint density at radius 2 is 1.86 bits per heavy atom. The fraction of sp³-hybridized carbons (Fsp3) is 0.286. The Balaban J connectivity index is 2.16. The number of carbonyl (C=O) groups excluding carboxylic acids is 2. The Labute approximate surface area is 122 Å². The highest BCUT2D eigenvalue weighted by Crippen LogP contribution is 2.03. The fourth-order valence-electron chi connectivity index (χ4n) is 1.36. The molecule has 1 aromatic rings. The van der Waals surface area contributed by atoms with E-state index in [9.17, 15) is 14.0 Å². The molecular weight excluding hydrogens is 277 g/mol. The van der Waals surface area contributed by atoms with E-state index in [1.165, 1.54) is 18.3 Å². The largest absolute Gasteiger partial charge is 0.450 e. The molecule has 6 nitrogen and oxygen atoms in total. The molecule has 0 saturated heterocycles. The molecular formula is C14H18FN3O3. The van der Waals surface area contributed by atoms with E-state index in [0.29, 0.717) is 6.61 Å². The summed E-state index contributed by atoms with van der Waals surface area (Å²) in [6, 6.07) is 5.45. The molecule has 0 aliphatic heterocycles. The minimum absolute atomic E-state index is 0.272. The smallest absolute Gasteiger partial charge is 0.407 e. The topological polar surface area (TPSA) is 79.5 Å². The summed E-state index contributed by atoms with van der Waals surface area (Å²) in [7, 11) is 0. The molecule has 0 radical (unpaired) electrons. The number of benzene rings is 1. The predicted octanol–water partition coefficient (Wildman–Crippen LogP) is 1.84. The third kappa shape index (κ3) is 7.56. The number of halogens is 1. The van der Waals surface area contributed by atoms with Crippen LogP contribution in [0.1, 0.15) is 12.5 Å². The lowest BCUT2D eigenvalue weighted by Crippen LogP contribution is -2.38. The third-order valence-electron chi connectivity index (χ3n) is 2.32. The summed E-state index contributed by atoms with van der Waals surface area (Å²) in [6.45, 7) is 2.55. The highest BCUT2D eigenvalue weighted by molar-refractivity contribution is 5.76. The molecule has 0 aromatic heterocycles. The summed E-state index contributed by atoms with van der Waals surface area (Å²) in [4.78, 5) is 22.3. The van der Waals surface area contributed by atoms with Gasteiger partial charge in [0.2, 0.25) is 0 Å². The number of rotatable bonds is 6. The first kappa shape index (κ1) is 16.5. The SMILES string of the molecule is CCOC(=O)NCCNC(=O)N/C=C/c1ccc(F)cc1. The minimum Gasteiger partial charge on any atom is -0.450 e. The zero-order chi connectivity index (χ0) is 15.5. The van der Waals surface area contributed by atoms with E-state index in [-0.39, 0.29) is 18.9 Å². The Hall–Kier alpha value is -2.57. The van der Waals surface area contributed by atoms with Gasteiger partial charge in [0.05, 0.1) is 6.61 Å². The number of ether oxygens (including phenoxy) is 1. The second-order valence-electron chi connectivity index (χ2n) is 3.93. The van der Waals surface area contributed by atoms with E-state index < -0.39 is 12.1 Å². The van der Waals surface area contributed by atoms with Gasteiger partial charge in [-0.25, -0.2) is 14.0 Å². The Kier molecular flexibility index (Phi) is 7.34. The van der Waals surface area contributed by atoms with Crippen LogP contribution in [0.2, 0.25) is 0 Å². The first-order valence-corrected chi connectivity index (χ1v) is 6.49. The molecule has 0 aliphatic carbocycles. The monoisotopic (exact) mass is 295 g/mol. The summed E-state index contributed by atoms with van der Waals surface area (Å²) in [5.41, 5.74) is 0.765. The standard InChI is InChI=1S/C14H18FN3O3/c1-2-21-14(20)18-10-9-17-13(19)16-8-7-11-3-5-12(15)6-4-11/h3-8H,2,9-10H2,1H3,(H,18,20)(H2,16,17,19)/b8-7+. The lowest BCUT2D eigenvalue weighted by atomic mass is 10.2. The number of alkyl carbamates (subject to hydrolysis) is 1. The first-order chi connectivity index (χ1) is 10.1. The Morgan fingerprint density at radius 3 is 2.52 bits per heavy atom. The van der Waals surface area contributed by atoms with Gasteiger partial charge < -0.3 is 20.7 Å². The van der Waals surface area contributed by atoms with Gasteiger partial charge in [-0.3, -0.25) is 0 Å². The molecule has 0 unspecified atom stereocenters. The quantitative estimate of drug-likeness (QED) is 0.701. The Bertz CT molecular complexity index is 489. The molecule has 3 amide bonds. The van der Waals surface area contributed by atoms with Crippen molar-refractivity contribution in [2.45, 2.75) is 6.92 Å². The van der Waals surface area contributed by atoms with Crippen molar-refractivity contribution in [1.29, 1.82) is 0 Å². The third-order valence-corrected chi connectivity index (χ3v) is 2.32. The van der Waals surface area contributed by atoms with Crippen molar-refractivity contribution >= 4 is 18.2 Å². The zero-order valence-electron chi connectivity index (χ0n) is 11.7. The van der Waals surface area contributed by atoms with Crippen molar-refractivity contribution in [2.75, 3.05) is 19.7 Å². The molecule has 0 heterocycles. The van der Waals surface area contributed by atoms with Crippen molar-refractivity contribution in [3.05, 3.63) is 41.8 Å². The Morgan fingerprint density at radius 1 is 1.19 bits per heavy atom. The molecule has 0 bridgehead atoms. The van der Waals surface area contributed by atoms with Crippen molar-refractivity contribution in [3.63, 3.8) is 0 Å². The molecule has 0 fully saturated rings. The molecule has 114 valence electrons. The minimum atomic E-state index is -0.518. The average Bonchev–Trinajstić information content (AvgIpc) is 2.46. The number of hydrogen-bond donors (Lipinski definition) is 3. The van der Waals surface area contributed by atoms with Crippen LogP contribution in [0, 0.1) is 5.82 Å². The molecule has 21 heavy (non-hydrogen) atoms. The number of amides is 3. The molecule has 1 aromatic carbocycles. The van der Waals surface area contributed by atoms with Crippen molar-refractivity contribution in [3.8, 4) is 0 Å². The van der Waals surface area contributed by atoms with Gasteiger partial charge in [0.15, 0.2) is 0 Å². The van der Waals surface area contributed by atoms with Crippen molar-refractivity contribution < 1.29 is 18.7 Å². The normalized spacial score (nSPS) is 10.2. The van der Waals surface area contributed by atoms with Crippen LogP contribution in [-0.2, 0) is 4.74 Å². The maximum absolute atomic E-state index is 12.7. The molecule has 1 rings (SSSR count). The van der Waals surface area contributed by atoms with Crippen molar-refractivity contribution in [2.24, 2.45) is 0 Å². The molecule has 0 atom stereocenters. The van der Waals surface area contributed by atoms with Crippen LogP contribution in [-0.4, -0.2) is 31.8 Å². The van der Waals surface area contributed by atoms with Gasteiger partial charge in [-0.1, -0.05) is 12.1 Å². The first-order valence-electron chi connectivity index (χ1n) is 6.49. The fourth-order valence-corrected chi connectivity index (χ4v) is 1.36. The predicted molar refractivity (Wildman–Crippen MR) is 77.0 cm³/mol. The van der Waals surface area contributed by atoms with Gasteiger partial charge in [-0.15, -0.1) is 0 Å². The summed E-state index contributed by atoms with van der Waals surface area (Å²) >= 11 is 0. The maximum Gasteiger partial charge on any atom is 0.407 e. The summed E-state index contributed by atoms with van der Waals surface area (Å²) in [5.74, 6) is -0.313. The van der Waals surface area contributed by atoms with Gasteiger partial charge >= 0.3 is 12.1 Å². The van der Waals surface area contributed by atoms with Crippen LogP contribution < -0.4 is 16.0 Å². The number of carbonyl (C=O) groups is 2. The van der Waals surface area contributed by atoms with E-state index in [4.69, 9.17) is 0 Å². The van der Waals surface area contributed by atoms with Crippen LogP contribution in [0.25, 0.3) is 6.08 Å². The summed E-state index contributed by atoms with van der Waals surface area (Å²) in [5, 5.41) is 7.50. The van der Waals surface area contributed by atoms with Gasteiger partial charge in [-0.2, -0.15) is 0 Å². The molecule has 7 heteroatoms. The zero-order valence-corrected chi connectivity index (χ0v) is 11.7. The molecule has 0 saturated carbocycles. The van der Waals surface area contributed by atoms with E-state index in [1.54, 1.807) is 25.1 Å². The lowest BCUT2D eigenvalue weighted by molar-refractivity contribution is 0.152. The number of hydrogen-bond acceptors (Lipinski definition) is 3.